The van der Waals surface area contributed by atoms with Crippen LogP contribution in [-0.2, 0) is 6.42 Å². The van der Waals surface area contributed by atoms with Gasteiger partial charge in [-0.3, -0.25) is 4.79 Å². The lowest BCUT2D eigenvalue weighted by atomic mass is 10.2. The average Bonchev–Trinajstić information content (AvgIpc) is 2.89. The van der Waals surface area contributed by atoms with E-state index in [9.17, 15) is 9.18 Å². The van der Waals surface area contributed by atoms with E-state index in [1.54, 1.807) is 12.3 Å². The highest BCUT2D eigenvalue weighted by Gasteiger charge is 2.06. The number of halogens is 2. The molecule has 0 aliphatic carbocycles. The van der Waals surface area contributed by atoms with Crippen molar-refractivity contribution in [1.82, 2.24) is 14.7 Å². The Labute approximate surface area is 131 Å². The number of benzene rings is 1. The van der Waals surface area contributed by atoms with E-state index in [0.717, 1.165) is 11.3 Å². The molecule has 1 aromatic carbocycles. The zero-order chi connectivity index (χ0) is 15.5. The van der Waals surface area contributed by atoms with Gasteiger partial charge in [0, 0.05) is 30.9 Å². The minimum atomic E-state index is -0.361. The van der Waals surface area contributed by atoms with Crippen LogP contribution in [0, 0.1) is 5.82 Å². The molecule has 2 aromatic heterocycles. The second-order valence-corrected chi connectivity index (χ2v) is 5.29. The predicted molar refractivity (Wildman–Crippen MR) is 82.6 cm³/mol. The highest BCUT2D eigenvalue weighted by Crippen LogP contribution is 2.12. The minimum absolute atomic E-state index is 0.230. The number of pyridine rings is 1. The molecule has 0 saturated carbocycles. The molecule has 1 N–H and O–H groups in total. The maximum absolute atomic E-state index is 12.8. The highest BCUT2D eigenvalue weighted by molar-refractivity contribution is 6.30. The van der Waals surface area contributed by atoms with Crippen LogP contribution >= 0.6 is 11.6 Å². The van der Waals surface area contributed by atoms with Crippen LogP contribution in [0.3, 0.4) is 0 Å². The van der Waals surface area contributed by atoms with Gasteiger partial charge in [0.2, 0.25) is 0 Å². The van der Waals surface area contributed by atoms with Crippen molar-refractivity contribution < 1.29 is 9.18 Å². The standard InChI is InChI=1S/C16H13ClFN3O/c17-12-3-6-15-20-14(10-21(15)9-12)7-8-19-16(22)11-1-4-13(18)5-2-11/h1-6,9-10H,7-8H2,(H,19,22). The molecule has 0 saturated heterocycles. The third-order valence-corrected chi connectivity index (χ3v) is 3.46. The quantitative estimate of drug-likeness (QED) is 0.803. The normalized spacial score (nSPS) is 10.8. The van der Waals surface area contributed by atoms with Crippen LogP contribution in [0.4, 0.5) is 4.39 Å². The number of fused-ring (bicyclic) bond motifs is 1. The lowest BCUT2D eigenvalue weighted by Crippen LogP contribution is -2.25. The van der Waals surface area contributed by atoms with Gasteiger partial charge in [-0.15, -0.1) is 0 Å². The number of carbonyl (C=O) groups is 1. The van der Waals surface area contributed by atoms with Gasteiger partial charge in [-0.2, -0.15) is 0 Å². The summed E-state index contributed by atoms with van der Waals surface area (Å²) in [6, 6.07) is 9.06. The van der Waals surface area contributed by atoms with Gasteiger partial charge in [0.1, 0.15) is 11.5 Å². The maximum Gasteiger partial charge on any atom is 0.251 e. The smallest absolute Gasteiger partial charge is 0.251 e. The van der Waals surface area contributed by atoms with Crippen molar-refractivity contribution in [2.75, 3.05) is 6.54 Å². The van der Waals surface area contributed by atoms with Crippen LogP contribution in [-0.4, -0.2) is 21.8 Å². The molecular weight excluding hydrogens is 305 g/mol. The predicted octanol–water partition coefficient (Wildman–Crippen LogP) is 3.10. The number of nitrogens with zero attached hydrogens (tertiary/aromatic N) is 2. The molecule has 0 fully saturated rings. The van der Waals surface area contributed by atoms with Crippen LogP contribution < -0.4 is 5.32 Å². The van der Waals surface area contributed by atoms with Gasteiger partial charge in [0.15, 0.2) is 0 Å². The first-order chi connectivity index (χ1) is 10.6. The third-order valence-electron chi connectivity index (χ3n) is 3.24. The highest BCUT2D eigenvalue weighted by atomic mass is 35.5. The molecule has 0 unspecified atom stereocenters. The monoisotopic (exact) mass is 317 g/mol. The van der Waals surface area contributed by atoms with Crippen molar-refractivity contribution >= 4 is 23.2 Å². The van der Waals surface area contributed by atoms with Crippen LogP contribution in [0.15, 0.2) is 48.8 Å². The van der Waals surface area contributed by atoms with E-state index in [-0.39, 0.29) is 11.7 Å². The van der Waals surface area contributed by atoms with Gasteiger partial charge < -0.3 is 9.72 Å². The first-order valence-electron chi connectivity index (χ1n) is 6.79. The fourth-order valence-corrected chi connectivity index (χ4v) is 2.31. The Hall–Kier alpha value is -2.40. The summed E-state index contributed by atoms with van der Waals surface area (Å²) in [6.07, 6.45) is 4.27. The number of hydrogen-bond donors (Lipinski definition) is 1. The van der Waals surface area contributed by atoms with Crippen molar-refractivity contribution in [3.8, 4) is 0 Å². The Morgan fingerprint density at radius 1 is 1.18 bits per heavy atom. The number of rotatable bonds is 4. The zero-order valence-corrected chi connectivity index (χ0v) is 12.3. The molecule has 4 nitrogen and oxygen atoms in total. The molecule has 6 heteroatoms. The summed E-state index contributed by atoms with van der Waals surface area (Å²) in [4.78, 5) is 16.3. The molecule has 0 aliphatic rings. The van der Waals surface area contributed by atoms with Crippen molar-refractivity contribution in [2.24, 2.45) is 0 Å². The van der Waals surface area contributed by atoms with Gasteiger partial charge in [0.25, 0.3) is 5.91 Å². The van der Waals surface area contributed by atoms with Crippen molar-refractivity contribution in [2.45, 2.75) is 6.42 Å². The second kappa shape index (κ2) is 6.15. The number of amides is 1. The van der Waals surface area contributed by atoms with Crippen LogP contribution in [0.2, 0.25) is 5.02 Å². The number of nitrogens with one attached hydrogen (secondary N) is 1. The molecule has 22 heavy (non-hydrogen) atoms. The number of aromatic nitrogens is 2. The van der Waals surface area contributed by atoms with Gasteiger partial charge in [-0.05, 0) is 36.4 Å². The molecule has 3 aromatic rings. The Morgan fingerprint density at radius 2 is 1.95 bits per heavy atom. The van der Waals surface area contributed by atoms with E-state index in [1.807, 2.05) is 16.7 Å². The lowest BCUT2D eigenvalue weighted by Gasteiger charge is -2.03. The summed E-state index contributed by atoms with van der Waals surface area (Å²) < 4.78 is 14.6. The van der Waals surface area contributed by atoms with Crippen molar-refractivity contribution in [3.63, 3.8) is 0 Å². The number of hydrogen-bond acceptors (Lipinski definition) is 2. The summed E-state index contributed by atoms with van der Waals surface area (Å²) in [6.45, 7) is 0.452. The first kappa shape index (κ1) is 14.5. The molecule has 0 bridgehead atoms. The Kier molecular flexibility index (Phi) is 4.06. The summed E-state index contributed by atoms with van der Waals surface area (Å²) in [5, 5.41) is 3.43. The molecule has 0 spiro atoms. The van der Waals surface area contributed by atoms with Gasteiger partial charge in [-0.25, -0.2) is 9.37 Å². The summed E-state index contributed by atoms with van der Waals surface area (Å²) in [5.41, 5.74) is 2.11. The summed E-state index contributed by atoms with van der Waals surface area (Å²) in [7, 11) is 0. The molecule has 1 amide bonds. The average molecular weight is 318 g/mol. The third kappa shape index (κ3) is 3.26. The maximum atomic E-state index is 12.8. The van der Waals surface area contributed by atoms with E-state index in [2.05, 4.69) is 10.3 Å². The number of carbonyl (C=O) groups excluding carboxylic acids is 1. The fraction of sp³-hybridized carbons (Fsp3) is 0.125. The lowest BCUT2D eigenvalue weighted by molar-refractivity contribution is 0.0954. The minimum Gasteiger partial charge on any atom is -0.352 e. The Bertz CT molecular complexity index is 814. The van der Waals surface area contributed by atoms with E-state index in [0.29, 0.717) is 23.6 Å². The van der Waals surface area contributed by atoms with Crippen molar-refractivity contribution in [1.29, 1.82) is 0 Å². The molecule has 0 radical (unpaired) electrons. The van der Waals surface area contributed by atoms with E-state index in [1.165, 1.54) is 24.3 Å². The molecule has 0 aliphatic heterocycles. The largest absolute Gasteiger partial charge is 0.352 e. The van der Waals surface area contributed by atoms with E-state index >= 15 is 0 Å². The fourth-order valence-electron chi connectivity index (χ4n) is 2.15. The molecular formula is C16H13ClFN3O. The Morgan fingerprint density at radius 3 is 2.73 bits per heavy atom. The van der Waals surface area contributed by atoms with Gasteiger partial charge >= 0.3 is 0 Å². The molecule has 112 valence electrons. The number of imidazole rings is 1. The summed E-state index contributed by atoms with van der Waals surface area (Å²) >= 11 is 5.92. The van der Waals surface area contributed by atoms with E-state index < -0.39 is 0 Å². The molecule has 2 heterocycles. The van der Waals surface area contributed by atoms with E-state index in [4.69, 9.17) is 11.6 Å². The second-order valence-electron chi connectivity index (χ2n) is 4.86. The van der Waals surface area contributed by atoms with Crippen LogP contribution in [0.1, 0.15) is 16.1 Å². The van der Waals surface area contributed by atoms with Crippen LogP contribution in [0.25, 0.3) is 5.65 Å². The van der Waals surface area contributed by atoms with Crippen molar-refractivity contribution in [3.05, 3.63) is 70.9 Å². The Balaban J connectivity index is 1.59. The topological polar surface area (TPSA) is 46.4 Å². The summed E-state index contributed by atoms with van der Waals surface area (Å²) in [5.74, 6) is -0.591. The first-order valence-corrected chi connectivity index (χ1v) is 7.16. The SMILES string of the molecule is O=C(NCCc1cn2cc(Cl)ccc2n1)c1ccc(F)cc1. The van der Waals surface area contributed by atoms with Crippen LogP contribution in [0.5, 0.6) is 0 Å². The molecule has 3 rings (SSSR count). The molecule has 0 atom stereocenters. The van der Waals surface area contributed by atoms with Gasteiger partial charge in [0.05, 0.1) is 10.7 Å². The zero-order valence-electron chi connectivity index (χ0n) is 11.6. The van der Waals surface area contributed by atoms with Gasteiger partial charge in [-0.1, -0.05) is 11.6 Å².